The predicted molar refractivity (Wildman–Crippen MR) is 113 cm³/mol. The number of carbonyl (C=O) groups is 1. The van der Waals surface area contributed by atoms with Crippen LogP contribution in [-0.4, -0.2) is 32.3 Å². The number of amides is 1. The number of anilines is 1. The molecule has 0 aliphatic rings. The highest BCUT2D eigenvalue weighted by Gasteiger charge is 2.15. The molecule has 0 bridgehead atoms. The van der Waals surface area contributed by atoms with E-state index in [4.69, 9.17) is 0 Å². The lowest BCUT2D eigenvalue weighted by atomic mass is 10.1. The third-order valence-corrected chi connectivity index (χ3v) is 6.09. The van der Waals surface area contributed by atoms with Crippen molar-refractivity contribution in [2.24, 2.45) is 0 Å². The maximum Gasteiger partial charge on any atom is 0.261 e. The summed E-state index contributed by atoms with van der Waals surface area (Å²) in [5.74, 6) is 0.0643. The maximum atomic E-state index is 12.7. The van der Waals surface area contributed by atoms with Gasteiger partial charge in [0.2, 0.25) is 5.91 Å². The van der Waals surface area contributed by atoms with Crippen LogP contribution in [0.5, 0.6) is 0 Å². The number of nitrogens with one attached hydrogen (secondary N) is 1. The summed E-state index contributed by atoms with van der Waals surface area (Å²) in [4.78, 5) is 14.2. The molecule has 5 nitrogen and oxygen atoms in total. The van der Waals surface area contributed by atoms with Crippen molar-refractivity contribution < 1.29 is 13.2 Å². The lowest BCUT2D eigenvalue weighted by Crippen LogP contribution is -2.31. The molecule has 0 saturated carbocycles. The van der Waals surface area contributed by atoms with Crippen molar-refractivity contribution in [3.05, 3.63) is 72.3 Å². The zero-order valence-electron chi connectivity index (χ0n) is 16.1. The second kappa shape index (κ2) is 8.44. The van der Waals surface area contributed by atoms with Crippen LogP contribution in [0.1, 0.15) is 19.4 Å². The summed E-state index contributed by atoms with van der Waals surface area (Å²) in [5.41, 5.74) is 1.32. The zero-order chi connectivity index (χ0) is 20.1. The van der Waals surface area contributed by atoms with Crippen LogP contribution in [0.2, 0.25) is 0 Å². The minimum atomic E-state index is -3.69. The molecule has 146 valence electrons. The van der Waals surface area contributed by atoms with E-state index in [9.17, 15) is 13.2 Å². The van der Waals surface area contributed by atoms with E-state index in [0.717, 1.165) is 16.3 Å². The van der Waals surface area contributed by atoms with Gasteiger partial charge in [-0.2, -0.15) is 0 Å². The molecule has 0 heterocycles. The Bertz CT molecular complexity index is 1070. The predicted octanol–water partition coefficient (Wildman–Crippen LogP) is 4.05. The van der Waals surface area contributed by atoms with Gasteiger partial charge in [0, 0.05) is 18.8 Å². The van der Waals surface area contributed by atoms with Crippen molar-refractivity contribution in [3.63, 3.8) is 0 Å². The lowest BCUT2D eigenvalue weighted by Gasteiger charge is -2.18. The van der Waals surface area contributed by atoms with Crippen molar-refractivity contribution in [1.29, 1.82) is 0 Å². The SMILES string of the molecule is CCN(CC)C(=O)Cc1ccc(NS(=O)(=O)c2ccc3ccccc3c2)cc1. The Hall–Kier alpha value is -2.86. The molecule has 1 N–H and O–H groups in total. The van der Waals surface area contributed by atoms with Crippen LogP contribution in [0, 0.1) is 0 Å². The summed E-state index contributed by atoms with van der Waals surface area (Å²) in [5, 5.41) is 1.86. The van der Waals surface area contributed by atoms with Gasteiger partial charge in [0.15, 0.2) is 0 Å². The Kier molecular flexibility index (Phi) is 5.99. The molecule has 0 unspecified atom stereocenters. The molecule has 0 aromatic heterocycles. The first-order valence-corrected chi connectivity index (χ1v) is 10.8. The largest absolute Gasteiger partial charge is 0.343 e. The minimum Gasteiger partial charge on any atom is -0.343 e. The summed E-state index contributed by atoms with van der Waals surface area (Å²) < 4.78 is 28.0. The number of nitrogens with zero attached hydrogens (tertiary/aromatic N) is 1. The molecular weight excluding hydrogens is 372 g/mol. The summed E-state index contributed by atoms with van der Waals surface area (Å²) in [6.07, 6.45) is 0.305. The summed E-state index contributed by atoms with van der Waals surface area (Å²) in [6, 6.07) is 19.6. The second-order valence-corrected chi connectivity index (χ2v) is 8.24. The van der Waals surface area contributed by atoms with E-state index in [1.54, 1.807) is 47.4 Å². The number of carbonyl (C=O) groups excluding carboxylic acids is 1. The molecule has 3 aromatic rings. The number of rotatable bonds is 7. The normalized spacial score (nSPS) is 11.4. The standard InChI is InChI=1S/C22H24N2O3S/c1-3-24(4-2)22(25)15-17-9-12-20(13-10-17)23-28(26,27)21-14-11-18-7-5-6-8-19(18)16-21/h5-14,16,23H,3-4,15H2,1-2H3. The van der Waals surface area contributed by atoms with Crippen LogP contribution in [0.15, 0.2) is 71.6 Å². The van der Waals surface area contributed by atoms with Gasteiger partial charge in [-0.3, -0.25) is 9.52 Å². The third kappa shape index (κ3) is 4.51. The summed E-state index contributed by atoms with van der Waals surface area (Å²) >= 11 is 0. The quantitative estimate of drug-likeness (QED) is 0.655. The number of fused-ring (bicyclic) bond motifs is 1. The van der Waals surface area contributed by atoms with Gasteiger partial charge in [-0.05, 0) is 54.4 Å². The van der Waals surface area contributed by atoms with Gasteiger partial charge >= 0.3 is 0 Å². The third-order valence-electron chi connectivity index (χ3n) is 4.71. The van der Waals surface area contributed by atoms with Crippen molar-refractivity contribution in [1.82, 2.24) is 4.90 Å². The van der Waals surface area contributed by atoms with Crippen molar-refractivity contribution in [2.45, 2.75) is 25.2 Å². The molecule has 0 aliphatic carbocycles. The van der Waals surface area contributed by atoms with Gasteiger partial charge in [0.25, 0.3) is 10.0 Å². The molecule has 1 amide bonds. The Morgan fingerprint density at radius 1 is 0.893 bits per heavy atom. The number of hydrogen-bond donors (Lipinski definition) is 1. The second-order valence-electron chi connectivity index (χ2n) is 6.55. The molecule has 0 radical (unpaired) electrons. The van der Waals surface area contributed by atoms with Crippen LogP contribution in [0.25, 0.3) is 10.8 Å². The van der Waals surface area contributed by atoms with E-state index in [-0.39, 0.29) is 10.8 Å². The molecule has 0 aliphatic heterocycles. The molecule has 0 spiro atoms. The van der Waals surface area contributed by atoms with Gasteiger partial charge in [-0.25, -0.2) is 8.42 Å². The Morgan fingerprint density at radius 3 is 2.18 bits per heavy atom. The van der Waals surface area contributed by atoms with Gasteiger partial charge in [-0.15, -0.1) is 0 Å². The topological polar surface area (TPSA) is 66.5 Å². The van der Waals surface area contributed by atoms with Crippen molar-refractivity contribution in [3.8, 4) is 0 Å². The Labute approximate surface area is 166 Å². The maximum absolute atomic E-state index is 12.7. The van der Waals surface area contributed by atoms with Gasteiger partial charge in [0.05, 0.1) is 11.3 Å². The first kappa shape index (κ1) is 19.9. The van der Waals surface area contributed by atoms with E-state index in [2.05, 4.69) is 4.72 Å². The molecule has 28 heavy (non-hydrogen) atoms. The van der Waals surface area contributed by atoms with E-state index < -0.39 is 10.0 Å². The Balaban J connectivity index is 1.74. The van der Waals surface area contributed by atoms with Crippen LogP contribution < -0.4 is 4.72 Å². The molecular formula is C22H24N2O3S. The van der Waals surface area contributed by atoms with E-state index >= 15 is 0 Å². The van der Waals surface area contributed by atoms with E-state index in [1.165, 1.54) is 0 Å². The lowest BCUT2D eigenvalue weighted by molar-refractivity contribution is -0.130. The summed E-state index contributed by atoms with van der Waals surface area (Å²) in [7, 11) is -3.69. The first-order valence-electron chi connectivity index (χ1n) is 9.31. The number of likely N-dealkylation sites (N-methyl/N-ethyl adjacent to an activating group) is 1. The average molecular weight is 397 g/mol. The molecule has 0 atom stereocenters. The van der Waals surface area contributed by atoms with Gasteiger partial charge < -0.3 is 4.90 Å². The highest BCUT2D eigenvalue weighted by Crippen LogP contribution is 2.21. The number of hydrogen-bond acceptors (Lipinski definition) is 3. The fourth-order valence-electron chi connectivity index (χ4n) is 3.10. The molecule has 3 rings (SSSR count). The first-order chi connectivity index (χ1) is 13.4. The number of benzene rings is 3. The average Bonchev–Trinajstić information content (AvgIpc) is 2.70. The van der Waals surface area contributed by atoms with E-state index in [0.29, 0.717) is 25.2 Å². The fourth-order valence-corrected chi connectivity index (χ4v) is 4.20. The minimum absolute atomic E-state index is 0.0643. The monoisotopic (exact) mass is 396 g/mol. The van der Waals surface area contributed by atoms with Crippen molar-refractivity contribution >= 4 is 32.4 Å². The van der Waals surface area contributed by atoms with Crippen LogP contribution in [-0.2, 0) is 21.2 Å². The highest BCUT2D eigenvalue weighted by molar-refractivity contribution is 7.92. The van der Waals surface area contributed by atoms with Crippen LogP contribution in [0.4, 0.5) is 5.69 Å². The fraction of sp³-hybridized carbons (Fsp3) is 0.227. The van der Waals surface area contributed by atoms with Gasteiger partial charge in [0.1, 0.15) is 0 Å². The van der Waals surface area contributed by atoms with Crippen molar-refractivity contribution in [2.75, 3.05) is 17.8 Å². The molecule has 0 fully saturated rings. The zero-order valence-corrected chi connectivity index (χ0v) is 16.9. The van der Waals surface area contributed by atoms with E-state index in [1.807, 2.05) is 38.1 Å². The molecule has 3 aromatic carbocycles. The molecule has 0 saturated heterocycles. The number of sulfonamides is 1. The highest BCUT2D eigenvalue weighted by atomic mass is 32.2. The Morgan fingerprint density at radius 2 is 1.54 bits per heavy atom. The molecule has 6 heteroatoms. The van der Waals surface area contributed by atoms with Crippen LogP contribution >= 0.6 is 0 Å². The summed E-state index contributed by atoms with van der Waals surface area (Å²) in [6.45, 7) is 5.26. The smallest absolute Gasteiger partial charge is 0.261 e. The van der Waals surface area contributed by atoms with Gasteiger partial charge in [-0.1, -0.05) is 42.5 Å². The van der Waals surface area contributed by atoms with Crippen LogP contribution in [0.3, 0.4) is 0 Å².